The molecule has 1 heterocycles. The van der Waals surface area contributed by atoms with E-state index in [4.69, 9.17) is 5.73 Å². The number of nitrogens with two attached hydrogens (primary N) is 1. The number of nitrogens with zero attached hydrogens (tertiary/aromatic N) is 1. The van der Waals surface area contributed by atoms with Crippen molar-refractivity contribution in [3.8, 4) is 0 Å². The van der Waals surface area contributed by atoms with Crippen molar-refractivity contribution in [2.75, 3.05) is 19.6 Å². The van der Waals surface area contributed by atoms with Crippen molar-refractivity contribution in [3.63, 3.8) is 0 Å². The fourth-order valence-corrected chi connectivity index (χ4v) is 3.53. The predicted octanol–water partition coefficient (Wildman–Crippen LogP) is 5.60. The van der Waals surface area contributed by atoms with Gasteiger partial charge in [0, 0.05) is 12.5 Å². The number of hydrogen-bond acceptors (Lipinski definition) is 3. The number of amidine groups is 1. The van der Waals surface area contributed by atoms with Gasteiger partial charge in [-0.1, -0.05) is 89.7 Å². The van der Waals surface area contributed by atoms with Crippen LogP contribution in [-0.4, -0.2) is 25.5 Å². The van der Waals surface area contributed by atoms with Crippen molar-refractivity contribution in [1.82, 2.24) is 5.32 Å². The molecule has 0 saturated carbocycles. The van der Waals surface area contributed by atoms with Crippen LogP contribution in [0.2, 0.25) is 0 Å². The van der Waals surface area contributed by atoms with Crippen molar-refractivity contribution in [2.45, 2.75) is 96.8 Å². The highest BCUT2D eigenvalue weighted by atomic mass is 15.1. The zero-order valence-electron chi connectivity index (χ0n) is 16.8. The van der Waals surface area contributed by atoms with Gasteiger partial charge in [0.25, 0.3) is 0 Å². The topological polar surface area (TPSA) is 50.4 Å². The quantitative estimate of drug-likeness (QED) is 0.265. The van der Waals surface area contributed by atoms with Gasteiger partial charge in [0.2, 0.25) is 0 Å². The summed E-state index contributed by atoms with van der Waals surface area (Å²) < 4.78 is 0. The average molecular weight is 350 g/mol. The van der Waals surface area contributed by atoms with Gasteiger partial charge in [-0.3, -0.25) is 4.99 Å². The highest BCUT2D eigenvalue weighted by Crippen LogP contribution is 2.13. The monoisotopic (exact) mass is 349 g/mol. The molecule has 146 valence electrons. The van der Waals surface area contributed by atoms with Crippen LogP contribution in [0.4, 0.5) is 0 Å². The van der Waals surface area contributed by atoms with Crippen LogP contribution >= 0.6 is 0 Å². The molecule has 0 aromatic heterocycles. The molecule has 1 aliphatic heterocycles. The van der Waals surface area contributed by atoms with Crippen LogP contribution in [0, 0.1) is 5.92 Å². The summed E-state index contributed by atoms with van der Waals surface area (Å²) in [6.45, 7) is 4.93. The summed E-state index contributed by atoms with van der Waals surface area (Å²) in [7, 11) is 0. The van der Waals surface area contributed by atoms with Gasteiger partial charge in [-0.2, -0.15) is 0 Å². The van der Waals surface area contributed by atoms with E-state index in [1.807, 2.05) is 0 Å². The van der Waals surface area contributed by atoms with Crippen molar-refractivity contribution in [3.05, 3.63) is 12.2 Å². The summed E-state index contributed by atoms with van der Waals surface area (Å²) in [4.78, 5) is 4.54. The number of allylic oxidation sites excluding steroid dienone is 1. The molecule has 1 unspecified atom stereocenters. The first kappa shape index (κ1) is 22.2. The molecule has 3 heteroatoms. The maximum absolute atomic E-state index is 5.73. The minimum Gasteiger partial charge on any atom is -0.371 e. The lowest BCUT2D eigenvalue weighted by Crippen LogP contribution is -2.27. The van der Waals surface area contributed by atoms with Gasteiger partial charge in [0.15, 0.2) is 0 Å². The van der Waals surface area contributed by atoms with E-state index in [-0.39, 0.29) is 0 Å². The van der Waals surface area contributed by atoms with Gasteiger partial charge in [0.05, 0.1) is 6.54 Å². The molecule has 3 nitrogen and oxygen atoms in total. The van der Waals surface area contributed by atoms with Gasteiger partial charge < -0.3 is 11.1 Å². The zero-order chi connectivity index (χ0) is 18.0. The lowest BCUT2D eigenvalue weighted by molar-refractivity contribution is 0.544. The van der Waals surface area contributed by atoms with Crippen LogP contribution in [0.1, 0.15) is 96.8 Å². The molecule has 0 aromatic rings. The second kappa shape index (κ2) is 16.6. The molecule has 25 heavy (non-hydrogen) atoms. The molecular formula is C22H43N3. The molecule has 1 aliphatic rings. The maximum atomic E-state index is 5.73. The Bertz CT molecular complexity index is 349. The second-order valence-corrected chi connectivity index (χ2v) is 7.48. The van der Waals surface area contributed by atoms with E-state index >= 15 is 0 Å². The van der Waals surface area contributed by atoms with E-state index < -0.39 is 0 Å². The van der Waals surface area contributed by atoms with Gasteiger partial charge >= 0.3 is 0 Å². The summed E-state index contributed by atoms with van der Waals surface area (Å²) in [6, 6.07) is 0. The maximum Gasteiger partial charge on any atom is 0.103 e. The lowest BCUT2D eigenvalue weighted by Gasteiger charge is -2.12. The van der Waals surface area contributed by atoms with Crippen LogP contribution in [0.15, 0.2) is 17.1 Å². The average Bonchev–Trinajstić information content (AvgIpc) is 3.15. The molecule has 0 spiro atoms. The van der Waals surface area contributed by atoms with Gasteiger partial charge in [-0.05, 0) is 25.8 Å². The van der Waals surface area contributed by atoms with Crippen molar-refractivity contribution >= 4 is 5.84 Å². The van der Waals surface area contributed by atoms with E-state index in [0.29, 0.717) is 5.92 Å². The third kappa shape index (κ3) is 12.2. The molecule has 0 saturated heterocycles. The summed E-state index contributed by atoms with van der Waals surface area (Å²) in [5.74, 6) is 1.56. The van der Waals surface area contributed by atoms with Crippen LogP contribution in [-0.2, 0) is 0 Å². The molecule has 0 radical (unpaired) electrons. The highest BCUT2D eigenvalue weighted by Gasteiger charge is 2.14. The number of nitrogens with one attached hydrogen (secondary N) is 1. The van der Waals surface area contributed by atoms with E-state index in [0.717, 1.165) is 31.9 Å². The molecule has 0 aliphatic carbocycles. The molecule has 0 bridgehead atoms. The molecule has 3 N–H and O–H groups in total. The normalized spacial score (nSPS) is 15.5. The van der Waals surface area contributed by atoms with Gasteiger partial charge in [-0.15, -0.1) is 0 Å². The zero-order valence-corrected chi connectivity index (χ0v) is 16.8. The van der Waals surface area contributed by atoms with E-state index in [9.17, 15) is 0 Å². The van der Waals surface area contributed by atoms with Crippen LogP contribution < -0.4 is 11.1 Å². The number of aliphatic imine (C=N–C) groups is 1. The standard InChI is InChI=1S/C22H43N3/c1-2-3-4-5-6-7-8-9-10-11-12-13-14-15-16-21(17-18-23)22-24-19-20-25-22/h15-16,21H,2-14,17-20,23H2,1H3,(H,24,25). The fourth-order valence-electron chi connectivity index (χ4n) is 3.53. The predicted molar refractivity (Wildman–Crippen MR) is 112 cm³/mol. The van der Waals surface area contributed by atoms with Crippen LogP contribution in [0.5, 0.6) is 0 Å². The highest BCUT2D eigenvalue weighted by molar-refractivity contribution is 5.87. The van der Waals surface area contributed by atoms with Crippen LogP contribution in [0.3, 0.4) is 0 Å². The third-order valence-corrected chi connectivity index (χ3v) is 5.12. The molecule has 0 aromatic carbocycles. The van der Waals surface area contributed by atoms with E-state index in [2.05, 4.69) is 29.4 Å². The lowest BCUT2D eigenvalue weighted by atomic mass is 10.0. The summed E-state index contributed by atoms with van der Waals surface area (Å²) in [6.07, 6.45) is 23.9. The largest absolute Gasteiger partial charge is 0.371 e. The van der Waals surface area contributed by atoms with Crippen LogP contribution in [0.25, 0.3) is 0 Å². The summed E-state index contributed by atoms with van der Waals surface area (Å²) in [5, 5.41) is 3.38. The number of rotatable bonds is 17. The molecule has 1 rings (SSSR count). The van der Waals surface area contributed by atoms with Gasteiger partial charge in [0.1, 0.15) is 5.84 Å². The number of hydrogen-bond donors (Lipinski definition) is 2. The molecule has 0 fully saturated rings. The van der Waals surface area contributed by atoms with Crippen molar-refractivity contribution in [1.29, 1.82) is 0 Å². The molecular weight excluding hydrogens is 306 g/mol. The first-order chi connectivity index (χ1) is 12.4. The minimum atomic E-state index is 0.407. The van der Waals surface area contributed by atoms with Gasteiger partial charge in [-0.25, -0.2) is 0 Å². The minimum absolute atomic E-state index is 0.407. The Morgan fingerprint density at radius 2 is 1.56 bits per heavy atom. The second-order valence-electron chi connectivity index (χ2n) is 7.48. The Labute approximate surface area is 156 Å². The first-order valence-electron chi connectivity index (χ1n) is 11.0. The summed E-state index contributed by atoms with van der Waals surface area (Å²) >= 11 is 0. The molecule has 0 amide bonds. The van der Waals surface area contributed by atoms with Crippen molar-refractivity contribution in [2.24, 2.45) is 16.6 Å². The first-order valence-corrected chi connectivity index (χ1v) is 11.0. The SMILES string of the molecule is CCCCCCCCCCCCCCC=CC(CCN)C1=NCCN1. The van der Waals surface area contributed by atoms with Crippen molar-refractivity contribution < 1.29 is 0 Å². The number of unbranched alkanes of at least 4 members (excludes halogenated alkanes) is 12. The Morgan fingerprint density at radius 1 is 0.960 bits per heavy atom. The fraction of sp³-hybridized carbons (Fsp3) is 0.864. The third-order valence-electron chi connectivity index (χ3n) is 5.12. The van der Waals surface area contributed by atoms with E-state index in [1.165, 1.54) is 83.5 Å². The Hall–Kier alpha value is -0.830. The van der Waals surface area contributed by atoms with E-state index in [1.54, 1.807) is 0 Å². The Balaban J connectivity index is 1.90. The Kier molecular flexibility index (Phi) is 14.8. The smallest absolute Gasteiger partial charge is 0.103 e. The Morgan fingerprint density at radius 3 is 2.08 bits per heavy atom. The summed E-state index contributed by atoms with van der Waals surface area (Å²) in [5.41, 5.74) is 5.73. The molecule has 1 atom stereocenters.